The van der Waals surface area contributed by atoms with E-state index >= 15 is 0 Å². The molecule has 9 bridgehead atoms. The first-order valence-corrected chi connectivity index (χ1v) is 18.7. The van der Waals surface area contributed by atoms with Crippen molar-refractivity contribution < 1.29 is 44.3 Å². The highest BCUT2D eigenvalue weighted by Crippen LogP contribution is 2.44. The average Bonchev–Trinajstić information content (AvgIpc) is 3.33. The van der Waals surface area contributed by atoms with Crippen molar-refractivity contribution in [2.45, 2.75) is 108 Å². The Balaban J connectivity index is 1.34. The number of aliphatic hydroxyl groups is 2. The van der Waals surface area contributed by atoms with Gasteiger partial charge in [0.05, 0.1) is 18.9 Å². The van der Waals surface area contributed by atoms with Gasteiger partial charge in [-0.05, 0) is 116 Å². The number of rotatable bonds is 2. The number of aliphatic hydroxyl groups excluding tert-OH is 1. The Morgan fingerprint density at radius 2 is 1.62 bits per heavy atom. The van der Waals surface area contributed by atoms with Crippen molar-refractivity contribution >= 4 is 17.7 Å². The number of hydrogen-bond donors (Lipinski definition) is 4. The lowest BCUT2D eigenvalue weighted by molar-refractivity contribution is -0.170. The van der Waals surface area contributed by atoms with Crippen molar-refractivity contribution in [1.29, 1.82) is 0 Å². The molecule has 2 aliphatic carbocycles. The predicted octanol–water partition coefficient (Wildman–Crippen LogP) is 5.80. The van der Waals surface area contributed by atoms with Gasteiger partial charge < -0.3 is 29.9 Å². The summed E-state index contributed by atoms with van der Waals surface area (Å²) in [7, 11) is 0. The van der Waals surface area contributed by atoms with E-state index in [1.807, 2.05) is 0 Å². The Kier molecular flexibility index (Phi) is 9.16. The second kappa shape index (κ2) is 13.8. The molecular weight excluding hydrogens is 672 g/mol. The van der Waals surface area contributed by atoms with Crippen molar-refractivity contribution in [1.82, 2.24) is 0 Å². The number of ether oxygens (including phenoxy) is 2. The molecule has 0 radical (unpaired) electrons. The zero-order chi connectivity index (χ0) is 37.0. The molecule has 53 heavy (non-hydrogen) atoms. The molecule has 5 aliphatic rings. The Morgan fingerprint density at radius 1 is 0.830 bits per heavy atom. The molecule has 9 heteroatoms. The molecule has 274 valence electrons. The van der Waals surface area contributed by atoms with Crippen LogP contribution in [-0.2, 0) is 51.4 Å². The number of fused-ring (bicyclic) bond motifs is 9. The van der Waals surface area contributed by atoms with Crippen LogP contribution in [-0.4, -0.2) is 49.9 Å². The number of ketones is 1. The van der Waals surface area contributed by atoms with Crippen molar-refractivity contribution in [3.8, 4) is 29.1 Å². The van der Waals surface area contributed by atoms with Gasteiger partial charge in [-0.25, -0.2) is 4.79 Å². The lowest BCUT2D eigenvalue weighted by atomic mass is 9.68. The van der Waals surface area contributed by atoms with Gasteiger partial charge in [0.15, 0.2) is 0 Å². The Morgan fingerprint density at radius 3 is 2.43 bits per heavy atom. The van der Waals surface area contributed by atoms with Gasteiger partial charge >= 0.3 is 11.9 Å². The topological polar surface area (TPSA) is 151 Å². The predicted molar refractivity (Wildman–Crippen MR) is 194 cm³/mol. The van der Waals surface area contributed by atoms with Crippen LogP contribution < -0.4 is 4.74 Å². The first-order valence-electron chi connectivity index (χ1n) is 18.7. The number of aryl methyl sites for hydroxylation is 2. The van der Waals surface area contributed by atoms with Gasteiger partial charge in [-0.15, -0.1) is 0 Å². The van der Waals surface area contributed by atoms with Crippen molar-refractivity contribution in [2.75, 3.05) is 0 Å². The van der Waals surface area contributed by atoms with Crippen LogP contribution in [0.4, 0.5) is 0 Å². The first-order chi connectivity index (χ1) is 25.4. The fourth-order valence-corrected chi connectivity index (χ4v) is 9.19. The Bertz CT molecular complexity index is 2110. The van der Waals surface area contributed by atoms with E-state index in [0.717, 1.165) is 11.1 Å². The largest absolute Gasteiger partial charge is 0.508 e. The molecule has 1 fully saturated rings. The molecule has 3 heterocycles. The minimum absolute atomic E-state index is 0.0245. The number of hydrogen-bond acceptors (Lipinski definition) is 9. The monoisotopic (exact) mass is 716 g/mol. The molecule has 9 nitrogen and oxygen atoms in total. The molecule has 0 saturated heterocycles. The van der Waals surface area contributed by atoms with E-state index in [-0.39, 0.29) is 60.7 Å². The number of carbonyl (C=O) groups is 3. The molecule has 3 aromatic carbocycles. The normalized spacial score (nSPS) is 29.6. The molecule has 6 atom stereocenters. The summed E-state index contributed by atoms with van der Waals surface area (Å²) in [5.74, 6) is 3.82. The van der Waals surface area contributed by atoms with Crippen LogP contribution >= 0.6 is 0 Å². The van der Waals surface area contributed by atoms with Gasteiger partial charge in [0, 0.05) is 41.9 Å². The summed E-state index contributed by atoms with van der Waals surface area (Å²) >= 11 is 0. The van der Waals surface area contributed by atoms with Gasteiger partial charge in [0.2, 0.25) is 0 Å². The average molecular weight is 717 g/mol. The van der Waals surface area contributed by atoms with Crippen molar-refractivity contribution in [3.05, 3.63) is 98.6 Å². The zero-order valence-corrected chi connectivity index (χ0v) is 29.8. The van der Waals surface area contributed by atoms with Gasteiger partial charge in [-0.3, -0.25) is 9.59 Å². The number of aromatic hydroxyl groups is 2. The summed E-state index contributed by atoms with van der Waals surface area (Å²) in [5, 5.41) is 44.6. The maximum absolute atomic E-state index is 14.9. The van der Waals surface area contributed by atoms with E-state index in [1.165, 1.54) is 23.3 Å². The molecule has 0 aromatic heterocycles. The number of carbonyl (C=O) groups excluding carboxylic acids is 3. The third kappa shape index (κ3) is 6.87. The number of Topliss-reactive ketones (excluding diaryl/α,β-unsaturated/α-hetero) is 1. The van der Waals surface area contributed by atoms with Crippen LogP contribution in [0.5, 0.6) is 17.2 Å². The molecule has 0 spiro atoms. The quantitative estimate of drug-likeness (QED) is 0.147. The third-order valence-corrected chi connectivity index (χ3v) is 12.3. The standard InChI is InChI=1S/C44H44O9/c1-44(51)34-10-11-38(47)32(16-34)13-24-2-3-26-4-5-27(6-7-28(26)12-24)37-18-29(31-14-25(23-45)15-35(46)17-31)8-9-30-21-42(49)52-40-22-39(48)33(19-36(30)40)20-41(44)53-43(37)50/h2-3,12,14-15,17,19,22,29-30,32,34,41,45-46,48,51H,4-7,10-11,13,16,18,20-21,23H2,1H3/b37-27-/t29-,30+,32-,34-,41+,44-/m0/s1. The fraction of sp³-hybridized carbons (Fsp3) is 0.432. The summed E-state index contributed by atoms with van der Waals surface area (Å²) in [6, 6.07) is 14.4. The SMILES string of the molecule is C[C@]1(O)[C@H]2CCC(=O)[C@@H](Cc3ccc4c(c3)CC/C(=C3/C[C@@H](c5cc(O)cc(CO)c5)C#C[C@@H]5CC(=O)Oc6cc(O)c(cc65)C[C@H]1OC3=O)CC4)C2. The first kappa shape index (κ1) is 35.1. The van der Waals surface area contributed by atoms with Gasteiger partial charge in [0.25, 0.3) is 0 Å². The van der Waals surface area contributed by atoms with E-state index in [2.05, 4.69) is 30.0 Å². The van der Waals surface area contributed by atoms with E-state index in [1.54, 1.807) is 25.1 Å². The lowest BCUT2D eigenvalue weighted by Gasteiger charge is -2.42. The summed E-state index contributed by atoms with van der Waals surface area (Å²) < 4.78 is 12.1. The molecule has 3 aliphatic heterocycles. The van der Waals surface area contributed by atoms with Crippen molar-refractivity contribution in [2.24, 2.45) is 11.8 Å². The van der Waals surface area contributed by atoms with Crippen LogP contribution in [0, 0.1) is 23.7 Å². The Hall–Kier alpha value is -4.91. The minimum atomic E-state index is -1.59. The summed E-state index contributed by atoms with van der Waals surface area (Å²) in [5.41, 5.74) is 5.36. The maximum Gasteiger partial charge on any atom is 0.334 e. The summed E-state index contributed by atoms with van der Waals surface area (Å²) in [6.45, 7) is 1.37. The summed E-state index contributed by atoms with van der Waals surface area (Å²) in [6.07, 6.45) is 3.30. The van der Waals surface area contributed by atoms with E-state index in [4.69, 9.17) is 9.47 Å². The van der Waals surface area contributed by atoms with E-state index in [9.17, 15) is 34.8 Å². The molecule has 3 aromatic rings. The highest BCUT2D eigenvalue weighted by Gasteiger charge is 2.47. The highest BCUT2D eigenvalue weighted by molar-refractivity contribution is 5.90. The van der Waals surface area contributed by atoms with E-state index < -0.39 is 35.5 Å². The van der Waals surface area contributed by atoms with Crippen LogP contribution in [0.3, 0.4) is 0 Å². The van der Waals surface area contributed by atoms with Crippen LogP contribution in [0.2, 0.25) is 0 Å². The number of phenols is 2. The van der Waals surface area contributed by atoms with Crippen molar-refractivity contribution in [3.63, 3.8) is 0 Å². The number of phenolic OH excluding ortho intramolecular Hbond substituents is 2. The molecule has 4 N–H and O–H groups in total. The fourth-order valence-electron chi connectivity index (χ4n) is 9.19. The van der Waals surface area contributed by atoms with Gasteiger partial charge in [-0.1, -0.05) is 41.7 Å². The van der Waals surface area contributed by atoms with E-state index in [0.29, 0.717) is 79.2 Å². The molecule has 8 rings (SSSR count). The van der Waals surface area contributed by atoms with Crippen LogP contribution in [0.1, 0.15) is 103 Å². The molecular formula is C44H44O9. The molecule has 0 unspecified atom stereocenters. The third-order valence-electron chi connectivity index (χ3n) is 12.3. The second-order valence-corrected chi connectivity index (χ2v) is 15.7. The maximum atomic E-state index is 14.9. The summed E-state index contributed by atoms with van der Waals surface area (Å²) in [4.78, 5) is 41.0. The minimum Gasteiger partial charge on any atom is -0.508 e. The molecule has 0 amide bonds. The van der Waals surface area contributed by atoms with Crippen LogP contribution in [0.25, 0.3) is 0 Å². The highest BCUT2D eigenvalue weighted by atomic mass is 16.6. The van der Waals surface area contributed by atoms with Crippen LogP contribution in [0.15, 0.2) is 59.7 Å². The number of benzene rings is 3. The zero-order valence-electron chi connectivity index (χ0n) is 29.8. The second-order valence-electron chi connectivity index (χ2n) is 15.7. The molecule has 1 saturated carbocycles. The van der Waals surface area contributed by atoms with Gasteiger partial charge in [-0.2, -0.15) is 0 Å². The number of allylic oxidation sites excluding steroid dienone is 1. The lowest BCUT2D eigenvalue weighted by Crippen LogP contribution is -2.52. The Labute approximate surface area is 308 Å². The smallest absolute Gasteiger partial charge is 0.334 e. The number of esters is 2. The van der Waals surface area contributed by atoms with Gasteiger partial charge in [0.1, 0.15) is 34.7 Å².